The van der Waals surface area contributed by atoms with Gasteiger partial charge in [0.15, 0.2) is 11.5 Å². The van der Waals surface area contributed by atoms with Crippen LogP contribution in [0.2, 0.25) is 0 Å². The molecule has 0 bridgehead atoms. The molecule has 5 nitrogen and oxygen atoms in total. The first-order valence-corrected chi connectivity index (χ1v) is 6.39. The Bertz CT molecular complexity index is 648. The number of nitro groups is 1. The second kappa shape index (κ2) is 5.36. The summed E-state index contributed by atoms with van der Waals surface area (Å²) in [5.41, 5.74) is 0.516. The molecule has 0 saturated heterocycles. The largest absolute Gasteiger partial charge is 0.453 e. The minimum Gasteiger partial charge on any atom is -0.453 e. The van der Waals surface area contributed by atoms with Gasteiger partial charge in [-0.05, 0) is 40.2 Å². The molecule has 0 amide bonds. The van der Waals surface area contributed by atoms with Gasteiger partial charge in [-0.25, -0.2) is 0 Å². The fraction of sp³-hybridized carbons (Fsp3) is 0.154. The Hall–Kier alpha value is -1.95. The Morgan fingerprint density at radius 3 is 2.74 bits per heavy atom. The van der Waals surface area contributed by atoms with Crippen LogP contribution in [0.4, 0.5) is 5.69 Å². The molecule has 2 aromatic rings. The topological polar surface area (TPSA) is 73.3 Å². The number of nitrogens with zero attached hydrogens (tertiary/aromatic N) is 1. The van der Waals surface area contributed by atoms with Crippen molar-refractivity contribution in [3.05, 3.63) is 50.7 Å². The fourth-order valence-electron chi connectivity index (χ4n) is 1.62. The number of nitro benzene ring substituents is 1. The summed E-state index contributed by atoms with van der Waals surface area (Å²) in [5.74, 6) is 0.605. The third-order valence-electron chi connectivity index (χ3n) is 2.63. The van der Waals surface area contributed by atoms with Gasteiger partial charge in [-0.3, -0.25) is 14.9 Å². The van der Waals surface area contributed by atoms with Crippen LogP contribution in [0.5, 0.6) is 0 Å². The molecule has 1 aromatic heterocycles. The van der Waals surface area contributed by atoms with Crippen LogP contribution >= 0.6 is 15.9 Å². The third-order valence-corrected chi connectivity index (χ3v) is 3.30. The Morgan fingerprint density at radius 2 is 2.11 bits per heavy atom. The van der Waals surface area contributed by atoms with E-state index in [9.17, 15) is 14.9 Å². The smallest absolute Gasteiger partial charge is 0.284 e. The predicted octanol–water partition coefficient (Wildman–Crippen LogP) is 4.21. The Kier molecular flexibility index (Phi) is 3.80. The first-order valence-electron chi connectivity index (χ1n) is 5.60. The maximum absolute atomic E-state index is 11.5. The second-order valence-electron chi connectivity index (χ2n) is 3.86. The fourth-order valence-corrected chi connectivity index (χ4v) is 2.01. The lowest BCUT2D eigenvalue weighted by Crippen LogP contribution is -1.92. The number of hydrogen-bond acceptors (Lipinski definition) is 4. The highest BCUT2D eigenvalue weighted by molar-refractivity contribution is 9.10. The summed E-state index contributed by atoms with van der Waals surface area (Å²) in [6.07, 6.45) is 0.355. The number of ketones is 1. The summed E-state index contributed by atoms with van der Waals surface area (Å²) in [6.45, 7) is 1.75. The molecule has 2 rings (SSSR count). The number of halogens is 1. The van der Waals surface area contributed by atoms with E-state index in [2.05, 4.69) is 15.9 Å². The van der Waals surface area contributed by atoms with Crippen molar-refractivity contribution in [2.75, 3.05) is 0 Å². The minimum absolute atomic E-state index is 0.0442. The van der Waals surface area contributed by atoms with Gasteiger partial charge in [0.05, 0.1) is 9.40 Å². The van der Waals surface area contributed by atoms with Crippen molar-refractivity contribution >= 4 is 27.4 Å². The zero-order valence-electron chi connectivity index (χ0n) is 10.1. The summed E-state index contributed by atoms with van der Waals surface area (Å²) in [6, 6.07) is 7.89. The molecule has 0 saturated carbocycles. The maximum atomic E-state index is 11.5. The summed E-state index contributed by atoms with van der Waals surface area (Å²) in [7, 11) is 0. The van der Waals surface area contributed by atoms with Gasteiger partial charge in [0.1, 0.15) is 5.76 Å². The lowest BCUT2D eigenvalue weighted by Gasteiger charge is -1.99. The number of Topliss-reactive ketones (excluding diaryl/α,β-unsaturated/α-hetero) is 1. The number of carbonyl (C=O) groups is 1. The lowest BCUT2D eigenvalue weighted by molar-refractivity contribution is -0.385. The van der Waals surface area contributed by atoms with Gasteiger partial charge in [-0.1, -0.05) is 6.92 Å². The van der Waals surface area contributed by atoms with Gasteiger partial charge >= 0.3 is 0 Å². The van der Waals surface area contributed by atoms with Crippen molar-refractivity contribution < 1.29 is 14.1 Å². The zero-order valence-corrected chi connectivity index (χ0v) is 11.6. The van der Waals surface area contributed by atoms with Crippen molar-refractivity contribution in [2.24, 2.45) is 0 Å². The average Bonchev–Trinajstić information content (AvgIpc) is 2.87. The van der Waals surface area contributed by atoms with Gasteiger partial charge in [-0.15, -0.1) is 0 Å². The Morgan fingerprint density at radius 1 is 1.37 bits per heavy atom. The quantitative estimate of drug-likeness (QED) is 0.480. The first-order chi connectivity index (χ1) is 9.02. The van der Waals surface area contributed by atoms with Crippen LogP contribution < -0.4 is 0 Å². The molecule has 0 N–H and O–H groups in total. The summed E-state index contributed by atoms with van der Waals surface area (Å²) in [5, 5.41) is 10.9. The van der Waals surface area contributed by atoms with Gasteiger partial charge in [-0.2, -0.15) is 0 Å². The molecule has 19 heavy (non-hydrogen) atoms. The maximum Gasteiger partial charge on any atom is 0.284 e. The highest BCUT2D eigenvalue weighted by Gasteiger charge is 2.16. The molecule has 0 aliphatic heterocycles. The number of rotatable bonds is 4. The van der Waals surface area contributed by atoms with Crippen molar-refractivity contribution in [1.29, 1.82) is 0 Å². The van der Waals surface area contributed by atoms with Crippen molar-refractivity contribution in [3.8, 4) is 11.3 Å². The molecule has 0 spiro atoms. The molecule has 98 valence electrons. The highest BCUT2D eigenvalue weighted by Crippen LogP contribution is 2.31. The van der Waals surface area contributed by atoms with E-state index >= 15 is 0 Å². The third kappa shape index (κ3) is 2.73. The molecule has 6 heteroatoms. The van der Waals surface area contributed by atoms with Crippen molar-refractivity contribution in [1.82, 2.24) is 0 Å². The van der Waals surface area contributed by atoms with E-state index in [0.29, 0.717) is 22.2 Å². The second-order valence-corrected chi connectivity index (χ2v) is 4.72. The van der Waals surface area contributed by atoms with Crippen molar-refractivity contribution in [3.63, 3.8) is 0 Å². The van der Waals surface area contributed by atoms with Crippen LogP contribution in [-0.2, 0) is 0 Å². The van der Waals surface area contributed by atoms with Gasteiger partial charge < -0.3 is 4.42 Å². The SMILES string of the molecule is CCC(=O)c1ccc(-c2ccc(Br)c([N+](=O)[O-])c2)o1. The van der Waals surface area contributed by atoms with Crippen LogP contribution in [0.15, 0.2) is 39.2 Å². The number of furan rings is 1. The zero-order chi connectivity index (χ0) is 14.0. The summed E-state index contributed by atoms with van der Waals surface area (Å²) >= 11 is 3.12. The molecular weight excluding hydrogens is 314 g/mol. The Balaban J connectivity index is 2.42. The van der Waals surface area contributed by atoms with Crippen LogP contribution in [-0.4, -0.2) is 10.7 Å². The van der Waals surface area contributed by atoms with Crippen molar-refractivity contribution in [2.45, 2.75) is 13.3 Å². The number of benzene rings is 1. The van der Waals surface area contributed by atoms with E-state index < -0.39 is 4.92 Å². The van der Waals surface area contributed by atoms with E-state index in [-0.39, 0.29) is 17.2 Å². The molecule has 0 radical (unpaired) electrons. The van der Waals surface area contributed by atoms with E-state index in [4.69, 9.17) is 4.42 Å². The van der Waals surface area contributed by atoms with Crippen LogP contribution in [0.1, 0.15) is 23.9 Å². The molecule has 0 unspecified atom stereocenters. The normalized spacial score (nSPS) is 10.4. The standard InChI is InChI=1S/C13H10BrNO4/c1-2-11(16)13-6-5-12(19-13)8-3-4-9(14)10(7-8)15(17)18/h3-7H,2H2,1H3. The average molecular weight is 324 g/mol. The van der Waals surface area contributed by atoms with E-state index in [0.717, 1.165) is 0 Å². The summed E-state index contributed by atoms with van der Waals surface area (Å²) < 4.78 is 5.81. The lowest BCUT2D eigenvalue weighted by atomic mass is 10.1. The highest BCUT2D eigenvalue weighted by atomic mass is 79.9. The Labute approximate surface area is 117 Å². The number of carbonyl (C=O) groups excluding carboxylic acids is 1. The van der Waals surface area contributed by atoms with Crippen LogP contribution in [0, 0.1) is 10.1 Å². The molecule has 1 heterocycles. The van der Waals surface area contributed by atoms with E-state index in [1.54, 1.807) is 31.2 Å². The molecular formula is C13H10BrNO4. The van der Waals surface area contributed by atoms with Crippen LogP contribution in [0.25, 0.3) is 11.3 Å². The number of hydrogen-bond donors (Lipinski definition) is 0. The van der Waals surface area contributed by atoms with E-state index in [1.807, 2.05) is 0 Å². The van der Waals surface area contributed by atoms with E-state index in [1.165, 1.54) is 6.07 Å². The molecule has 0 aliphatic rings. The monoisotopic (exact) mass is 323 g/mol. The van der Waals surface area contributed by atoms with Gasteiger partial charge in [0.2, 0.25) is 0 Å². The summed E-state index contributed by atoms with van der Waals surface area (Å²) in [4.78, 5) is 21.9. The predicted molar refractivity (Wildman–Crippen MR) is 73.1 cm³/mol. The molecule has 0 aliphatic carbocycles. The van der Waals surface area contributed by atoms with Gasteiger partial charge in [0.25, 0.3) is 5.69 Å². The molecule has 1 aromatic carbocycles. The molecule has 0 atom stereocenters. The first kappa shape index (κ1) is 13.5. The molecule has 0 fully saturated rings. The minimum atomic E-state index is -0.478. The van der Waals surface area contributed by atoms with Crippen LogP contribution in [0.3, 0.4) is 0 Å². The van der Waals surface area contributed by atoms with Gasteiger partial charge in [0, 0.05) is 18.1 Å².